The standard InChI is InChI=1S/C17H22FNO2/c18-14-5-3-4-13(10-14)6-7-16(20)19-15-11-17(21-12-15)8-1-2-9-17/h3-5,10,15H,1-2,6-9,11-12H2,(H,19,20)/t15-/m0/s1. The van der Waals surface area contributed by atoms with E-state index in [9.17, 15) is 9.18 Å². The van der Waals surface area contributed by atoms with Crippen LogP contribution in [0.15, 0.2) is 24.3 Å². The average Bonchev–Trinajstić information content (AvgIpc) is 3.07. The molecule has 1 saturated carbocycles. The summed E-state index contributed by atoms with van der Waals surface area (Å²) in [6.07, 6.45) is 6.64. The molecule has 0 aromatic heterocycles. The second-order valence-electron chi connectivity index (χ2n) is 6.30. The van der Waals surface area contributed by atoms with E-state index in [4.69, 9.17) is 4.74 Å². The highest BCUT2D eigenvalue weighted by Crippen LogP contribution is 2.40. The lowest BCUT2D eigenvalue weighted by molar-refractivity contribution is -0.121. The quantitative estimate of drug-likeness (QED) is 0.926. The molecule has 1 aromatic rings. The SMILES string of the molecule is O=C(CCc1cccc(F)c1)N[C@@H]1COC2(CCCC2)C1. The van der Waals surface area contributed by atoms with Crippen molar-refractivity contribution in [3.63, 3.8) is 0 Å². The zero-order chi connectivity index (χ0) is 14.7. The molecular formula is C17H22FNO2. The van der Waals surface area contributed by atoms with Crippen LogP contribution in [0.3, 0.4) is 0 Å². The van der Waals surface area contributed by atoms with Crippen molar-refractivity contribution < 1.29 is 13.9 Å². The first-order chi connectivity index (χ1) is 10.2. The molecule has 1 aliphatic heterocycles. The smallest absolute Gasteiger partial charge is 0.220 e. The zero-order valence-electron chi connectivity index (χ0n) is 12.2. The summed E-state index contributed by atoms with van der Waals surface area (Å²) < 4.78 is 19.0. The van der Waals surface area contributed by atoms with Gasteiger partial charge >= 0.3 is 0 Å². The molecule has 4 heteroatoms. The third-order valence-corrected chi connectivity index (χ3v) is 4.62. The molecule has 1 spiro atoms. The average molecular weight is 291 g/mol. The highest BCUT2D eigenvalue weighted by Gasteiger charge is 2.42. The van der Waals surface area contributed by atoms with Gasteiger partial charge in [0.25, 0.3) is 0 Å². The molecule has 1 heterocycles. The summed E-state index contributed by atoms with van der Waals surface area (Å²) in [6, 6.07) is 6.57. The van der Waals surface area contributed by atoms with Crippen LogP contribution in [0.1, 0.15) is 44.1 Å². The van der Waals surface area contributed by atoms with Gasteiger partial charge in [-0.1, -0.05) is 25.0 Å². The number of rotatable bonds is 4. The highest BCUT2D eigenvalue weighted by molar-refractivity contribution is 5.76. The Labute approximate surface area is 124 Å². The lowest BCUT2D eigenvalue weighted by Gasteiger charge is -2.21. The molecule has 0 bridgehead atoms. The van der Waals surface area contributed by atoms with Crippen LogP contribution in [0.25, 0.3) is 0 Å². The lowest BCUT2D eigenvalue weighted by Crippen LogP contribution is -2.36. The molecule has 21 heavy (non-hydrogen) atoms. The van der Waals surface area contributed by atoms with Crippen LogP contribution in [0, 0.1) is 5.82 Å². The largest absolute Gasteiger partial charge is 0.373 e. The van der Waals surface area contributed by atoms with Gasteiger partial charge < -0.3 is 10.1 Å². The van der Waals surface area contributed by atoms with Crippen molar-refractivity contribution in [3.8, 4) is 0 Å². The molecule has 0 unspecified atom stereocenters. The number of hydrogen-bond acceptors (Lipinski definition) is 2. The predicted molar refractivity (Wildman–Crippen MR) is 78.4 cm³/mol. The Morgan fingerprint density at radius 2 is 2.19 bits per heavy atom. The molecule has 0 radical (unpaired) electrons. The molecule has 1 aliphatic carbocycles. The first kappa shape index (κ1) is 14.5. The van der Waals surface area contributed by atoms with Crippen molar-refractivity contribution in [2.45, 2.75) is 56.6 Å². The van der Waals surface area contributed by atoms with Gasteiger partial charge in [-0.15, -0.1) is 0 Å². The highest BCUT2D eigenvalue weighted by atomic mass is 19.1. The minimum Gasteiger partial charge on any atom is -0.373 e. The van der Waals surface area contributed by atoms with Crippen LogP contribution < -0.4 is 5.32 Å². The number of aryl methyl sites for hydroxylation is 1. The number of hydrogen-bond donors (Lipinski definition) is 1. The third-order valence-electron chi connectivity index (χ3n) is 4.62. The summed E-state index contributed by atoms with van der Waals surface area (Å²) in [5, 5.41) is 3.06. The van der Waals surface area contributed by atoms with Crippen molar-refractivity contribution in [2.24, 2.45) is 0 Å². The van der Waals surface area contributed by atoms with E-state index < -0.39 is 0 Å². The topological polar surface area (TPSA) is 38.3 Å². The molecule has 1 amide bonds. The van der Waals surface area contributed by atoms with E-state index in [0.717, 1.165) is 24.8 Å². The monoisotopic (exact) mass is 291 g/mol. The zero-order valence-corrected chi connectivity index (χ0v) is 12.2. The first-order valence-electron chi connectivity index (χ1n) is 7.83. The first-order valence-corrected chi connectivity index (χ1v) is 7.83. The molecule has 1 aromatic carbocycles. The molecule has 3 rings (SSSR count). The number of amides is 1. The van der Waals surface area contributed by atoms with Crippen LogP contribution in [0.2, 0.25) is 0 Å². The maximum Gasteiger partial charge on any atom is 0.220 e. The molecule has 2 fully saturated rings. The second-order valence-corrected chi connectivity index (χ2v) is 6.30. The Morgan fingerprint density at radius 3 is 2.95 bits per heavy atom. The molecule has 1 N–H and O–H groups in total. The molecular weight excluding hydrogens is 269 g/mol. The Kier molecular flexibility index (Phi) is 4.24. The van der Waals surface area contributed by atoms with Crippen LogP contribution >= 0.6 is 0 Å². The Balaban J connectivity index is 1.44. The third kappa shape index (κ3) is 3.62. The van der Waals surface area contributed by atoms with Gasteiger partial charge in [0.15, 0.2) is 0 Å². The number of ether oxygens (including phenoxy) is 1. The van der Waals surface area contributed by atoms with Gasteiger partial charge in [-0.3, -0.25) is 4.79 Å². The number of carbonyl (C=O) groups excluding carboxylic acids is 1. The van der Waals surface area contributed by atoms with Gasteiger partial charge in [-0.25, -0.2) is 4.39 Å². The van der Waals surface area contributed by atoms with Crippen molar-refractivity contribution in [1.29, 1.82) is 0 Å². The van der Waals surface area contributed by atoms with Gasteiger partial charge in [0.05, 0.1) is 18.2 Å². The van der Waals surface area contributed by atoms with Gasteiger partial charge in [0.2, 0.25) is 5.91 Å². The van der Waals surface area contributed by atoms with Gasteiger partial charge in [-0.2, -0.15) is 0 Å². The van der Waals surface area contributed by atoms with Crippen molar-refractivity contribution in [2.75, 3.05) is 6.61 Å². The molecule has 3 nitrogen and oxygen atoms in total. The number of halogens is 1. The Morgan fingerprint density at radius 1 is 1.38 bits per heavy atom. The number of nitrogens with one attached hydrogen (secondary N) is 1. The van der Waals surface area contributed by atoms with Gasteiger partial charge in [-0.05, 0) is 43.4 Å². The molecule has 1 atom stereocenters. The van der Waals surface area contributed by atoms with Crippen LogP contribution in [0.4, 0.5) is 4.39 Å². The van der Waals surface area contributed by atoms with E-state index in [1.54, 1.807) is 6.07 Å². The van der Waals surface area contributed by atoms with Crippen LogP contribution in [0.5, 0.6) is 0 Å². The normalized spacial score (nSPS) is 23.6. The molecule has 114 valence electrons. The van der Waals surface area contributed by atoms with Crippen molar-refractivity contribution in [1.82, 2.24) is 5.32 Å². The summed E-state index contributed by atoms with van der Waals surface area (Å²) in [5.74, 6) is -0.219. The van der Waals surface area contributed by atoms with Gasteiger partial charge in [0, 0.05) is 6.42 Å². The lowest BCUT2D eigenvalue weighted by atomic mass is 9.96. The molecule has 2 aliphatic rings. The number of benzene rings is 1. The Hall–Kier alpha value is -1.42. The van der Waals surface area contributed by atoms with Crippen LogP contribution in [-0.2, 0) is 16.0 Å². The summed E-state index contributed by atoms with van der Waals surface area (Å²) in [7, 11) is 0. The minimum atomic E-state index is -0.250. The van der Waals surface area contributed by atoms with Crippen molar-refractivity contribution >= 4 is 5.91 Å². The van der Waals surface area contributed by atoms with E-state index in [-0.39, 0.29) is 23.4 Å². The van der Waals surface area contributed by atoms with E-state index in [0.29, 0.717) is 19.4 Å². The summed E-state index contributed by atoms with van der Waals surface area (Å²) >= 11 is 0. The predicted octanol–water partition coefficient (Wildman–Crippen LogP) is 2.98. The minimum absolute atomic E-state index is 0.0305. The fourth-order valence-corrected chi connectivity index (χ4v) is 3.55. The summed E-state index contributed by atoms with van der Waals surface area (Å²) in [5.41, 5.74) is 0.903. The van der Waals surface area contributed by atoms with E-state index in [1.165, 1.54) is 25.0 Å². The van der Waals surface area contributed by atoms with Crippen molar-refractivity contribution in [3.05, 3.63) is 35.6 Å². The van der Waals surface area contributed by atoms with E-state index >= 15 is 0 Å². The maximum atomic E-state index is 13.1. The number of carbonyl (C=O) groups is 1. The maximum absolute atomic E-state index is 13.1. The fraction of sp³-hybridized carbons (Fsp3) is 0.588. The Bertz CT molecular complexity index is 511. The fourth-order valence-electron chi connectivity index (χ4n) is 3.55. The van der Waals surface area contributed by atoms with E-state index in [1.807, 2.05) is 6.07 Å². The second kappa shape index (κ2) is 6.14. The molecule has 1 saturated heterocycles. The van der Waals surface area contributed by atoms with E-state index in [2.05, 4.69) is 5.32 Å². The van der Waals surface area contributed by atoms with Gasteiger partial charge in [0.1, 0.15) is 5.82 Å². The van der Waals surface area contributed by atoms with Crippen LogP contribution in [-0.4, -0.2) is 24.2 Å². The summed E-state index contributed by atoms with van der Waals surface area (Å²) in [4.78, 5) is 12.0. The summed E-state index contributed by atoms with van der Waals surface area (Å²) in [6.45, 7) is 0.631.